The van der Waals surface area contributed by atoms with Crippen LogP contribution in [-0.2, 0) is 21.4 Å². The Morgan fingerprint density at radius 3 is 2.40 bits per heavy atom. The van der Waals surface area contributed by atoms with Crippen LogP contribution in [-0.4, -0.2) is 31.4 Å². The lowest BCUT2D eigenvalue weighted by atomic mass is 10.1. The highest BCUT2D eigenvalue weighted by atomic mass is 79.9. The lowest BCUT2D eigenvalue weighted by Gasteiger charge is -2.22. The summed E-state index contributed by atoms with van der Waals surface area (Å²) in [4.78, 5) is 12.8. The van der Waals surface area contributed by atoms with E-state index in [1.165, 1.54) is 12.1 Å². The summed E-state index contributed by atoms with van der Waals surface area (Å²) in [6, 6.07) is 26.8. The molecule has 0 heterocycles. The first-order valence-corrected chi connectivity index (χ1v) is 13.2. The zero-order valence-electron chi connectivity index (χ0n) is 18.4. The Balaban J connectivity index is 1.55. The van der Waals surface area contributed by atoms with Gasteiger partial charge in [0.2, 0.25) is 10.0 Å². The summed E-state index contributed by atoms with van der Waals surface area (Å²) in [5, 5.41) is 6.51. The lowest BCUT2D eigenvalue weighted by molar-refractivity contribution is -0.121. The van der Waals surface area contributed by atoms with Crippen molar-refractivity contribution < 1.29 is 13.2 Å². The van der Waals surface area contributed by atoms with Crippen LogP contribution in [0.25, 0.3) is 10.8 Å². The number of hydrogen-bond donors (Lipinski definition) is 1. The molecule has 1 N–H and O–H groups in total. The van der Waals surface area contributed by atoms with Crippen molar-refractivity contribution in [3.8, 4) is 0 Å². The van der Waals surface area contributed by atoms with Crippen LogP contribution in [0.1, 0.15) is 11.1 Å². The summed E-state index contributed by atoms with van der Waals surface area (Å²) in [6.45, 7) is -0.505. The first-order valence-electron chi connectivity index (χ1n) is 10.6. The molecule has 0 radical (unpaired) electrons. The Morgan fingerprint density at radius 2 is 1.63 bits per heavy atom. The van der Waals surface area contributed by atoms with Crippen molar-refractivity contribution >= 4 is 60.4 Å². The number of carbonyl (C=O) groups is 1. The Bertz CT molecular complexity index is 1490. The minimum absolute atomic E-state index is 0.0693. The largest absolute Gasteiger partial charge is 0.272 e. The van der Waals surface area contributed by atoms with Crippen molar-refractivity contribution in [3.63, 3.8) is 0 Å². The third-order valence-electron chi connectivity index (χ3n) is 5.29. The molecule has 0 saturated heterocycles. The number of hydrogen-bond acceptors (Lipinski definition) is 4. The van der Waals surface area contributed by atoms with Gasteiger partial charge in [0, 0.05) is 21.6 Å². The van der Waals surface area contributed by atoms with E-state index in [9.17, 15) is 13.2 Å². The van der Waals surface area contributed by atoms with Crippen molar-refractivity contribution in [2.45, 2.75) is 11.4 Å². The molecule has 9 heteroatoms. The molecule has 0 saturated carbocycles. The molecule has 178 valence electrons. The minimum atomic E-state index is -3.99. The minimum Gasteiger partial charge on any atom is -0.272 e. The van der Waals surface area contributed by atoms with Crippen LogP contribution in [0.15, 0.2) is 105 Å². The molecule has 6 nitrogen and oxygen atoms in total. The van der Waals surface area contributed by atoms with Crippen molar-refractivity contribution in [1.82, 2.24) is 9.73 Å². The molecule has 35 heavy (non-hydrogen) atoms. The number of hydrazone groups is 1. The van der Waals surface area contributed by atoms with E-state index in [0.29, 0.717) is 10.6 Å². The highest BCUT2D eigenvalue weighted by molar-refractivity contribution is 9.10. The van der Waals surface area contributed by atoms with Gasteiger partial charge < -0.3 is 0 Å². The smallest absolute Gasteiger partial charge is 0.255 e. The van der Waals surface area contributed by atoms with Crippen molar-refractivity contribution in [2.24, 2.45) is 5.10 Å². The van der Waals surface area contributed by atoms with Crippen LogP contribution in [0.5, 0.6) is 0 Å². The first kappa shape index (κ1) is 25.1. The number of fused-ring (bicyclic) bond motifs is 1. The van der Waals surface area contributed by atoms with Crippen LogP contribution in [0, 0.1) is 0 Å². The van der Waals surface area contributed by atoms with Crippen LogP contribution in [0.2, 0.25) is 5.02 Å². The monoisotopic (exact) mass is 569 g/mol. The molecular weight excluding hydrogens is 550 g/mol. The van der Waals surface area contributed by atoms with E-state index >= 15 is 0 Å². The molecule has 0 bridgehead atoms. The fraction of sp³-hybridized carbons (Fsp3) is 0.0769. The second-order valence-electron chi connectivity index (χ2n) is 7.68. The van der Waals surface area contributed by atoms with Crippen molar-refractivity contribution in [2.75, 3.05) is 6.54 Å². The molecule has 1 amide bonds. The molecule has 4 aromatic rings. The van der Waals surface area contributed by atoms with E-state index in [2.05, 4.69) is 26.5 Å². The van der Waals surface area contributed by atoms with Gasteiger partial charge in [0.15, 0.2) is 0 Å². The average molecular weight is 571 g/mol. The number of nitrogens with zero attached hydrogens (tertiary/aromatic N) is 2. The van der Waals surface area contributed by atoms with Crippen molar-refractivity contribution in [1.29, 1.82) is 0 Å². The SMILES string of the molecule is O=C(CN(Cc1ccccc1Cl)S(=O)(=O)c1ccc(Br)cc1)N/N=C/c1cccc2ccccc12. The number of nitrogens with one attached hydrogen (secondary N) is 1. The van der Waals surface area contributed by atoms with Crippen LogP contribution in [0.4, 0.5) is 0 Å². The topological polar surface area (TPSA) is 78.8 Å². The third kappa shape index (κ3) is 6.15. The maximum atomic E-state index is 13.4. The number of halogens is 2. The fourth-order valence-corrected chi connectivity index (χ4v) is 5.36. The predicted molar refractivity (Wildman–Crippen MR) is 143 cm³/mol. The summed E-state index contributed by atoms with van der Waals surface area (Å²) in [7, 11) is -3.99. The van der Waals surface area contributed by atoms with Gasteiger partial charge in [-0.25, -0.2) is 13.8 Å². The number of amides is 1. The van der Waals surface area contributed by atoms with Crippen molar-refractivity contribution in [3.05, 3.63) is 112 Å². The van der Waals surface area contributed by atoms with Gasteiger partial charge in [-0.3, -0.25) is 4.79 Å². The normalized spacial score (nSPS) is 11.9. The predicted octanol–water partition coefficient (Wildman–Crippen LogP) is 5.60. The molecule has 0 aliphatic rings. The molecule has 0 aromatic heterocycles. The zero-order valence-corrected chi connectivity index (χ0v) is 21.6. The van der Waals surface area contributed by atoms with Crippen LogP contribution < -0.4 is 5.43 Å². The number of carbonyl (C=O) groups excluding carboxylic acids is 1. The second-order valence-corrected chi connectivity index (χ2v) is 10.9. The van der Waals surface area contributed by atoms with Gasteiger partial charge in [0.1, 0.15) is 0 Å². The highest BCUT2D eigenvalue weighted by Crippen LogP contribution is 2.23. The summed E-state index contributed by atoms with van der Waals surface area (Å²) in [5.41, 5.74) is 3.86. The van der Waals surface area contributed by atoms with Gasteiger partial charge in [-0.1, -0.05) is 88.2 Å². The Kier molecular flexibility index (Phi) is 7.97. The van der Waals surface area contributed by atoms with Gasteiger partial charge >= 0.3 is 0 Å². The van der Waals surface area contributed by atoms with E-state index in [1.807, 2.05) is 42.5 Å². The number of rotatable bonds is 8. The van der Waals surface area contributed by atoms with Crippen LogP contribution >= 0.6 is 27.5 Å². The molecule has 0 fully saturated rings. The zero-order chi connectivity index (χ0) is 24.8. The Hall–Kier alpha value is -3.04. The summed E-state index contributed by atoms with van der Waals surface area (Å²) in [5.74, 6) is -0.575. The number of sulfonamides is 1. The van der Waals surface area contributed by atoms with Gasteiger partial charge in [-0.05, 0) is 46.7 Å². The van der Waals surface area contributed by atoms with E-state index in [-0.39, 0.29) is 11.4 Å². The molecule has 0 aliphatic carbocycles. The molecule has 0 aliphatic heterocycles. The maximum absolute atomic E-state index is 13.4. The van der Waals surface area contributed by atoms with Gasteiger partial charge in [0.25, 0.3) is 5.91 Å². The second kappa shape index (κ2) is 11.1. The van der Waals surface area contributed by atoms with E-state index < -0.39 is 22.5 Å². The summed E-state index contributed by atoms with van der Waals surface area (Å²) in [6.07, 6.45) is 1.54. The molecule has 4 rings (SSSR count). The van der Waals surface area contributed by atoms with Crippen LogP contribution in [0.3, 0.4) is 0 Å². The fourth-order valence-electron chi connectivity index (χ4n) is 3.53. The maximum Gasteiger partial charge on any atom is 0.255 e. The first-order chi connectivity index (χ1) is 16.8. The van der Waals surface area contributed by atoms with E-state index in [4.69, 9.17) is 11.6 Å². The molecule has 0 spiro atoms. The lowest BCUT2D eigenvalue weighted by Crippen LogP contribution is -2.39. The molecule has 0 atom stereocenters. The highest BCUT2D eigenvalue weighted by Gasteiger charge is 2.27. The van der Waals surface area contributed by atoms with Gasteiger partial charge in [0.05, 0.1) is 17.7 Å². The van der Waals surface area contributed by atoms with E-state index in [0.717, 1.165) is 25.1 Å². The quantitative estimate of drug-likeness (QED) is 0.221. The van der Waals surface area contributed by atoms with Gasteiger partial charge in [-0.2, -0.15) is 9.41 Å². The molecule has 4 aromatic carbocycles. The standard InChI is InChI=1S/C26H21BrClN3O3S/c27-22-12-14-23(15-13-22)35(33,34)31(17-21-7-2-4-11-25(21)28)18-26(32)30-29-16-20-9-5-8-19-6-1-3-10-24(19)20/h1-16H,17-18H2,(H,30,32)/b29-16+. The number of benzene rings is 4. The van der Waals surface area contributed by atoms with Gasteiger partial charge in [-0.15, -0.1) is 0 Å². The average Bonchev–Trinajstić information content (AvgIpc) is 2.85. The molecule has 0 unspecified atom stereocenters. The summed E-state index contributed by atoms with van der Waals surface area (Å²) < 4.78 is 28.6. The third-order valence-corrected chi connectivity index (χ3v) is 8.00. The Morgan fingerprint density at radius 1 is 0.943 bits per heavy atom. The Labute approximate surface area is 217 Å². The summed E-state index contributed by atoms with van der Waals surface area (Å²) >= 11 is 9.58. The molecular formula is C26H21BrClN3O3S. The van der Waals surface area contributed by atoms with E-state index in [1.54, 1.807) is 42.6 Å².